The minimum atomic E-state index is 0.496. The van der Waals surface area contributed by atoms with Crippen LogP contribution in [0.4, 0.5) is 0 Å². The lowest BCUT2D eigenvalue weighted by Crippen LogP contribution is -2.20. The summed E-state index contributed by atoms with van der Waals surface area (Å²) < 4.78 is 1.18. The van der Waals surface area contributed by atoms with Crippen LogP contribution in [0.15, 0.2) is 22.7 Å². The molecule has 15 heavy (non-hydrogen) atoms. The number of nitrogens with one attached hydrogen (secondary N) is 1. The van der Waals surface area contributed by atoms with Crippen molar-refractivity contribution in [3.8, 4) is 0 Å². The van der Waals surface area contributed by atoms with Crippen molar-refractivity contribution in [3.63, 3.8) is 0 Å². The molecular formula is C13H20BrN. The molecule has 1 unspecified atom stereocenters. The van der Waals surface area contributed by atoms with E-state index >= 15 is 0 Å². The van der Waals surface area contributed by atoms with Gasteiger partial charge < -0.3 is 5.32 Å². The van der Waals surface area contributed by atoms with Gasteiger partial charge in [0.25, 0.3) is 0 Å². The molecule has 2 heteroatoms. The van der Waals surface area contributed by atoms with Gasteiger partial charge in [-0.15, -0.1) is 0 Å². The summed E-state index contributed by atoms with van der Waals surface area (Å²) >= 11 is 3.56. The molecule has 0 bridgehead atoms. The van der Waals surface area contributed by atoms with E-state index in [0.717, 1.165) is 6.54 Å². The van der Waals surface area contributed by atoms with E-state index in [1.54, 1.807) is 0 Å². The van der Waals surface area contributed by atoms with E-state index in [2.05, 4.69) is 60.2 Å². The van der Waals surface area contributed by atoms with E-state index < -0.39 is 0 Å². The molecule has 0 heterocycles. The molecule has 0 aromatic heterocycles. The zero-order valence-electron chi connectivity index (χ0n) is 9.81. The van der Waals surface area contributed by atoms with Gasteiger partial charge in [-0.1, -0.05) is 42.3 Å². The molecule has 1 rings (SSSR count). The van der Waals surface area contributed by atoms with Crippen LogP contribution in [0.25, 0.3) is 0 Å². The lowest BCUT2D eigenvalue weighted by atomic mass is 10.0. The molecule has 0 spiro atoms. The summed E-state index contributed by atoms with van der Waals surface area (Å²) in [6.45, 7) is 7.56. The molecule has 84 valence electrons. The van der Waals surface area contributed by atoms with Crippen LogP contribution in [-0.4, -0.2) is 6.54 Å². The minimum Gasteiger partial charge on any atom is -0.310 e. The maximum absolute atomic E-state index is 3.56. The summed E-state index contributed by atoms with van der Waals surface area (Å²) in [5.41, 5.74) is 2.71. The molecule has 0 aliphatic rings. The van der Waals surface area contributed by atoms with Gasteiger partial charge in [0.05, 0.1) is 0 Å². The standard InChI is InChI=1S/C13H20BrN/c1-4-6-13(15-5-2)11-7-10(3)8-12(14)9-11/h7-9,13,15H,4-6H2,1-3H3. The maximum Gasteiger partial charge on any atom is 0.0320 e. The Morgan fingerprint density at radius 2 is 2.00 bits per heavy atom. The van der Waals surface area contributed by atoms with Gasteiger partial charge in [-0.25, -0.2) is 0 Å². The zero-order chi connectivity index (χ0) is 11.3. The largest absolute Gasteiger partial charge is 0.310 e. The van der Waals surface area contributed by atoms with E-state index in [1.165, 1.54) is 28.4 Å². The second kappa shape index (κ2) is 6.29. The number of aryl methyl sites for hydroxylation is 1. The molecule has 0 fully saturated rings. The normalized spacial score (nSPS) is 12.8. The molecule has 1 N–H and O–H groups in total. The number of rotatable bonds is 5. The molecule has 0 amide bonds. The van der Waals surface area contributed by atoms with Gasteiger partial charge >= 0.3 is 0 Å². The molecule has 1 aromatic rings. The van der Waals surface area contributed by atoms with E-state index in [1.807, 2.05) is 0 Å². The first-order valence-electron chi connectivity index (χ1n) is 5.67. The van der Waals surface area contributed by atoms with Crippen LogP contribution in [0.5, 0.6) is 0 Å². The number of halogens is 1. The lowest BCUT2D eigenvalue weighted by molar-refractivity contribution is 0.509. The first kappa shape index (κ1) is 12.7. The lowest BCUT2D eigenvalue weighted by Gasteiger charge is -2.18. The average Bonchev–Trinajstić information content (AvgIpc) is 2.16. The minimum absolute atomic E-state index is 0.496. The maximum atomic E-state index is 3.56. The van der Waals surface area contributed by atoms with Gasteiger partial charge in [-0.05, 0) is 43.1 Å². The first-order chi connectivity index (χ1) is 7.17. The summed E-state index contributed by atoms with van der Waals surface area (Å²) in [5.74, 6) is 0. The Hall–Kier alpha value is -0.340. The molecule has 0 saturated heterocycles. The average molecular weight is 270 g/mol. The van der Waals surface area contributed by atoms with Gasteiger partial charge in [0.2, 0.25) is 0 Å². The van der Waals surface area contributed by atoms with Crippen molar-refractivity contribution in [3.05, 3.63) is 33.8 Å². The van der Waals surface area contributed by atoms with Crippen LogP contribution in [0.3, 0.4) is 0 Å². The Morgan fingerprint density at radius 1 is 1.27 bits per heavy atom. The van der Waals surface area contributed by atoms with Crippen molar-refractivity contribution in [2.45, 2.75) is 39.7 Å². The second-order valence-electron chi connectivity index (χ2n) is 3.96. The fraction of sp³-hybridized carbons (Fsp3) is 0.538. The fourth-order valence-corrected chi connectivity index (χ4v) is 2.51. The van der Waals surface area contributed by atoms with E-state index in [9.17, 15) is 0 Å². The van der Waals surface area contributed by atoms with Crippen LogP contribution in [0.2, 0.25) is 0 Å². The fourth-order valence-electron chi connectivity index (χ4n) is 1.89. The van der Waals surface area contributed by atoms with Crippen LogP contribution in [-0.2, 0) is 0 Å². The number of hydrogen-bond donors (Lipinski definition) is 1. The Morgan fingerprint density at radius 3 is 2.53 bits per heavy atom. The van der Waals surface area contributed by atoms with Gasteiger partial charge in [0.15, 0.2) is 0 Å². The van der Waals surface area contributed by atoms with Crippen molar-refractivity contribution < 1.29 is 0 Å². The quantitative estimate of drug-likeness (QED) is 0.845. The third-order valence-electron chi connectivity index (χ3n) is 2.49. The van der Waals surface area contributed by atoms with Crippen LogP contribution in [0.1, 0.15) is 43.9 Å². The Balaban J connectivity index is 2.88. The predicted octanol–water partition coefficient (Wildman–Crippen LogP) is 4.21. The van der Waals surface area contributed by atoms with Gasteiger partial charge in [0.1, 0.15) is 0 Å². The first-order valence-corrected chi connectivity index (χ1v) is 6.47. The van der Waals surface area contributed by atoms with Crippen molar-refractivity contribution >= 4 is 15.9 Å². The van der Waals surface area contributed by atoms with E-state index in [4.69, 9.17) is 0 Å². The molecule has 0 aliphatic heterocycles. The topological polar surface area (TPSA) is 12.0 Å². The summed E-state index contributed by atoms with van der Waals surface area (Å²) in [5, 5.41) is 3.53. The van der Waals surface area contributed by atoms with Crippen molar-refractivity contribution in [1.29, 1.82) is 0 Å². The SMILES string of the molecule is CCCC(NCC)c1cc(C)cc(Br)c1. The summed E-state index contributed by atoms with van der Waals surface area (Å²) in [6.07, 6.45) is 2.41. The molecule has 0 saturated carbocycles. The van der Waals surface area contributed by atoms with Crippen molar-refractivity contribution in [2.24, 2.45) is 0 Å². The third kappa shape index (κ3) is 3.96. The van der Waals surface area contributed by atoms with Crippen molar-refractivity contribution in [2.75, 3.05) is 6.54 Å². The Labute approximate surface area is 101 Å². The molecular weight excluding hydrogens is 250 g/mol. The smallest absolute Gasteiger partial charge is 0.0320 e. The molecule has 0 aliphatic carbocycles. The van der Waals surface area contributed by atoms with Crippen LogP contribution >= 0.6 is 15.9 Å². The summed E-state index contributed by atoms with van der Waals surface area (Å²) in [6, 6.07) is 7.14. The highest BCUT2D eigenvalue weighted by atomic mass is 79.9. The Bertz CT molecular complexity index is 283. The van der Waals surface area contributed by atoms with E-state index in [-0.39, 0.29) is 0 Å². The predicted molar refractivity (Wildman–Crippen MR) is 70.2 cm³/mol. The highest BCUT2D eigenvalue weighted by Gasteiger charge is 2.09. The monoisotopic (exact) mass is 269 g/mol. The number of benzene rings is 1. The van der Waals surface area contributed by atoms with Gasteiger partial charge in [-0.3, -0.25) is 0 Å². The second-order valence-corrected chi connectivity index (χ2v) is 4.88. The van der Waals surface area contributed by atoms with E-state index in [0.29, 0.717) is 6.04 Å². The Kier molecular flexibility index (Phi) is 5.34. The summed E-state index contributed by atoms with van der Waals surface area (Å²) in [7, 11) is 0. The highest BCUT2D eigenvalue weighted by molar-refractivity contribution is 9.10. The zero-order valence-corrected chi connectivity index (χ0v) is 11.4. The third-order valence-corrected chi connectivity index (χ3v) is 2.95. The van der Waals surface area contributed by atoms with Crippen molar-refractivity contribution in [1.82, 2.24) is 5.32 Å². The molecule has 0 radical (unpaired) electrons. The summed E-state index contributed by atoms with van der Waals surface area (Å²) in [4.78, 5) is 0. The molecule has 1 nitrogen and oxygen atoms in total. The van der Waals surface area contributed by atoms with Crippen LogP contribution < -0.4 is 5.32 Å². The molecule has 1 aromatic carbocycles. The van der Waals surface area contributed by atoms with Crippen LogP contribution in [0, 0.1) is 6.92 Å². The molecule has 1 atom stereocenters. The highest BCUT2D eigenvalue weighted by Crippen LogP contribution is 2.23. The van der Waals surface area contributed by atoms with Gasteiger partial charge in [0, 0.05) is 10.5 Å². The number of hydrogen-bond acceptors (Lipinski definition) is 1. The van der Waals surface area contributed by atoms with Gasteiger partial charge in [-0.2, -0.15) is 0 Å².